The fraction of sp³-hybridized carbons (Fsp3) is 0.588. The van der Waals surface area contributed by atoms with Crippen LogP contribution >= 0.6 is 24.2 Å². The van der Waals surface area contributed by atoms with Gasteiger partial charge in [-0.25, -0.2) is 4.39 Å². The average molecular weight is 361 g/mol. The van der Waals surface area contributed by atoms with Crippen molar-refractivity contribution in [2.45, 2.75) is 26.3 Å². The molecule has 0 radical (unpaired) electrons. The summed E-state index contributed by atoms with van der Waals surface area (Å²) in [6.45, 7) is 6.56. The highest BCUT2D eigenvalue weighted by molar-refractivity contribution is 7.99. The number of nitrogens with zero attached hydrogens (tertiary/aromatic N) is 1. The Hall–Kier alpha value is -0.780. The van der Waals surface area contributed by atoms with Crippen LogP contribution < -0.4 is 5.32 Å². The van der Waals surface area contributed by atoms with Gasteiger partial charge >= 0.3 is 0 Å². The third kappa shape index (κ3) is 6.32. The summed E-state index contributed by atoms with van der Waals surface area (Å²) in [6.07, 6.45) is 1.13. The van der Waals surface area contributed by atoms with Crippen molar-refractivity contribution in [1.82, 2.24) is 10.2 Å². The Morgan fingerprint density at radius 2 is 2.26 bits per heavy atom. The summed E-state index contributed by atoms with van der Waals surface area (Å²) in [5, 5.41) is 3.30. The van der Waals surface area contributed by atoms with Gasteiger partial charge in [-0.1, -0.05) is 26.0 Å². The molecule has 0 aliphatic carbocycles. The predicted molar refractivity (Wildman–Crippen MR) is 97.8 cm³/mol. The fourth-order valence-corrected chi connectivity index (χ4v) is 3.70. The van der Waals surface area contributed by atoms with Gasteiger partial charge in [-0.05, 0) is 35.8 Å². The first-order valence-electron chi connectivity index (χ1n) is 7.91. The van der Waals surface area contributed by atoms with Crippen molar-refractivity contribution in [2.24, 2.45) is 5.92 Å². The molecule has 1 atom stereocenters. The van der Waals surface area contributed by atoms with Gasteiger partial charge in [-0.15, -0.1) is 12.4 Å². The highest BCUT2D eigenvalue weighted by atomic mass is 35.5. The van der Waals surface area contributed by atoms with E-state index in [0.717, 1.165) is 24.3 Å². The van der Waals surface area contributed by atoms with Gasteiger partial charge in [0.2, 0.25) is 5.91 Å². The molecule has 1 saturated heterocycles. The van der Waals surface area contributed by atoms with Gasteiger partial charge in [0.1, 0.15) is 5.82 Å². The summed E-state index contributed by atoms with van der Waals surface area (Å²) in [5.41, 5.74) is 0.868. The van der Waals surface area contributed by atoms with Crippen LogP contribution in [0.25, 0.3) is 0 Å². The number of nitrogens with one attached hydrogen (secondary N) is 1. The number of hydrogen-bond acceptors (Lipinski definition) is 3. The number of thioether (sulfide) groups is 1. The van der Waals surface area contributed by atoms with Crippen LogP contribution in [0.3, 0.4) is 0 Å². The molecular formula is C17H26ClFN2OS. The fourth-order valence-electron chi connectivity index (χ4n) is 2.58. The van der Waals surface area contributed by atoms with E-state index in [1.807, 2.05) is 11.0 Å². The standard InChI is InChI=1S/C17H25FN2OS.ClH/c1-13(2)6-9-22-12-17(21)20-8-7-19-11-16(20)14-4-3-5-15(18)10-14;/h3-5,10,13,16,19H,6-9,11-12H2,1-2H3;1H. The van der Waals surface area contributed by atoms with Crippen molar-refractivity contribution >= 4 is 30.1 Å². The van der Waals surface area contributed by atoms with Crippen LogP contribution in [0.5, 0.6) is 0 Å². The summed E-state index contributed by atoms with van der Waals surface area (Å²) in [6, 6.07) is 6.51. The monoisotopic (exact) mass is 360 g/mol. The number of carbonyl (C=O) groups excluding carboxylic acids is 1. The summed E-state index contributed by atoms with van der Waals surface area (Å²) in [7, 11) is 0. The first-order valence-corrected chi connectivity index (χ1v) is 9.07. The zero-order valence-corrected chi connectivity index (χ0v) is 15.4. The lowest BCUT2D eigenvalue weighted by atomic mass is 10.0. The van der Waals surface area contributed by atoms with Gasteiger partial charge in [0.15, 0.2) is 0 Å². The van der Waals surface area contributed by atoms with E-state index in [-0.39, 0.29) is 30.2 Å². The molecule has 0 aromatic heterocycles. The van der Waals surface area contributed by atoms with Gasteiger partial charge in [-0.3, -0.25) is 4.79 Å². The van der Waals surface area contributed by atoms with Crippen molar-refractivity contribution in [3.63, 3.8) is 0 Å². The maximum Gasteiger partial charge on any atom is 0.233 e. The maximum absolute atomic E-state index is 13.4. The third-order valence-corrected chi connectivity index (χ3v) is 4.84. The van der Waals surface area contributed by atoms with Crippen LogP contribution in [0.1, 0.15) is 31.9 Å². The average Bonchev–Trinajstić information content (AvgIpc) is 2.51. The van der Waals surface area contributed by atoms with E-state index in [9.17, 15) is 9.18 Å². The van der Waals surface area contributed by atoms with E-state index in [1.165, 1.54) is 12.1 Å². The molecule has 2 rings (SSSR count). The number of benzene rings is 1. The minimum Gasteiger partial charge on any atom is -0.332 e. The van der Waals surface area contributed by atoms with E-state index in [4.69, 9.17) is 0 Å². The Labute approximate surface area is 148 Å². The molecule has 1 aromatic rings. The van der Waals surface area contributed by atoms with Crippen molar-refractivity contribution in [1.29, 1.82) is 0 Å². The van der Waals surface area contributed by atoms with Crippen LogP contribution in [-0.2, 0) is 4.79 Å². The Morgan fingerprint density at radius 3 is 2.96 bits per heavy atom. The second-order valence-electron chi connectivity index (χ2n) is 6.10. The zero-order chi connectivity index (χ0) is 15.9. The lowest BCUT2D eigenvalue weighted by Crippen LogP contribution is -2.49. The first kappa shape index (κ1) is 20.3. The lowest BCUT2D eigenvalue weighted by molar-refractivity contribution is -0.131. The molecule has 130 valence electrons. The van der Waals surface area contributed by atoms with Crippen molar-refractivity contribution < 1.29 is 9.18 Å². The quantitative estimate of drug-likeness (QED) is 0.788. The number of halogens is 2. The molecule has 1 unspecified atom stereocenters. The van der Waals surface area contributed by atoms with Gasteiger partial charge in [-0.2, -0.15) is 11.8 Å². The lowest BCUT2D eigenvalue weighted by Gasteiger charge is -2.36. The van der Waals surface area contributed by atoms with Crippen LogP contribution in [0.4, 0.5) is 4.39 Å². The molecule has 1 aromatic carbocycles. The number of hydrogen-bond donors (Lipinski definition) is 1. The number of amides is 1. The number of carbonyl (C=O) groups is 1. The molecule has 23 heavy (non-hydrogen) atoms. The molecule has 1 aliphatic heterocycles. The summed E-state index contributed by atoms with van der Waals surface area (Å²) < 4.78 is 13.4. The molecular weight excluding hydrogens is 335 g/mol. The van der Waals surface area contributed by atoms with Crippen molar-refractivity contribution in [3.05, 3.63) is 35.6 Å². The highest BCUT2D eigenvalue weighted by Crippen LogP contribution is 2.24. The van der Waals surface area contributed by atoms with E-state index in [2.05, 4.69) is 19.2 Å². The Balaban J connectivity index is 0.00000264. The second-order valence-corrected chi connectivity index (χ2v) is 7.20. The van der Waals surface area contributed by atoms with E-state index in [1.54, 1.807) is 17.8 Å². The van der Waals surface area contributed by atoms with Crippen molar-refractivity contribution in [3.8, 4) is 0 Å². The molecule has 0 bridgehead atoms. The molecule has 6 heteroatoms. The minimum atomic E-state index is -0.248. The minimum absolute atomic E-state index is 0. The van der Waals surface area contributed by atoms with Gasteiger partial charge in [0.05, 0.1) is 11.8 Å². The second kappa shape index (κ2) is 10.2. The smallest absolute Gasteiger partial charge is 0.233 e. The molecule has 1 amide bonds. The van der Waals surface area contributed by atoms with E-state index < -0.39 is 0 Å². The SMILES string of the molecule is CC(C)CCSCC(=O)N1CCNCC1c1cccc(F)c1.Cl. The summed E-state index contributed by atoms with van der Waals surface area (Å²) >= 11 is 1.70. The molecule has 1 N–H and O–H groups in total. The zero-order valence-electron chi connectivity index (χ0n) is 13.8. The summed E-state index contributed by atoms with van der Waals surface area (Å²) in [4.78, 5) is 14.4. The van der Waals surface area contributed by atoms with Crippen molar-refractivity contribution in [2.75, 3.05) is 31.1 Å². The van der Waals surface area contributed by atoms with E-state index >= 15 is 0 Å². The largest absolute Gasteiger partial charge is 0.332 e. The molecule has 1 heterocycles. The highest BCUT2D eigenvalue weighted by Gasteiger charge is 2.27. The molecule has 0 saturated carbocycles. The molecule has 3 nitrogen and oxygen atoms in total. The van der Waals surface area contributed by atoms with E-state index in [0.29, 0.717) is 24.8 Å². The number of rotatable bonds is 6. The Morgan fingerprint density at radius 1 is 1.48 bits per heavy atom. The molecule has 1 aliphatic rings. The summed E-state index contributed by atoms with van der Waals surface area (Å²) in [5.74, 6) is 2.10. The normalized spacial score (nSPS) is 17.9. The maximum atomic E-state index is 13.4. The van der Waals surface area contributed by atoms with Gasteiger partial charge < -0.3 is 10.2 Å². The first-order chi connectivity index (χ1) is 10.6. The topological polar surface area (TPSA) is 32.3 Å². The number of piperazine rings is 1. The van der Waals surface area contributed by atoms with Crippen LogP contribution in [0, 0.1) is 11.7 Å². The molecule has 1 fully saturated rings. The van der Waals surface area contributed by atoms with Crippen LogP contribution in [-0.4, -0.2) is 41.9 Å². The Bertz CT molecular complexity index is 501. The van der Waals surface area contributed by atoms with Crippen LogP contribution in [0.2, 0.25) is 0 Å². The predicted octanol–water partition coefficient (Wildman–Crippen LogP) is 3.50. The molecule has 0 spiro atoms. The Kier molecular flexibility index (Phi) is 8.95. The third-order valence-electron chi connectivity index (χ3n) is 3.86. The van der Waals surface area contributed by atoms with Gasteiger partial charge in [0.25, 0.3) is 0 Å². The van der Waals surface area contributed by atoms with Gasteiger partial charge in [0, 0.05) is 19.6 Å². The van der Waals surface area contributed by atoms with Crippen LogP contribution in [0.15, 0.2) is 24.3 Å².